The molecule has 0 saturated heterocycles. The number of benzene rings is 4. The Morgan fingerprint density at radius 2 is 1.00 bits per heavy atom. The van der Waals surface area contributed by atoms with Crippen molar-refractivity contribution in [1.29, 1.82) is 0 Å². The van der Waals surface area contributed by atoms with Gasteiger partial charge in [-0.2, -0.15) is 0 Å². The summed E-state index contributed by atoms with van der Waals surface area (Å²) in [5.74, 6) is 0.857. The molecule has 1 nitrogen and oxygen atoms in total. The first-order chi connectivity index (χ1) is 25.0. The van der Waals surface area contributed by atoms with E-state index >= 15 is 0 Å². The van der Waals surface area contributed by atoms with Crippen molar-refractivity contribution in [3.05, 3.63) is 98.6 Å². The second kappa shape index (κ2) is 13.1. The van der Waals surface area contributed by atoms with Crippen LogP contribution in [0, 0.1) is 6.92 Å². The van der Waals surface area contributed by atoms with Gasteiger partial charge < -0.3 is 5.32 Å². The van der Waals surface area contributed by atoms with E-state index in [1.807, 2.05) is 52.4 Å². The van der Waals surface area contributed by atoms with E-state index in [-0.39, 0.29) is 10.8 Å². The highest BCUT2D eigenvalue weighted by atomic mass is 32.1. The van der Waals surface area contributed by atoms with Crippen LogP contribution in [0.2, 0.25) is 0 Å². The molecule has 5 heteroatoms. The van der Waals surface area contributed by atoms with E-state index in [1.54, 1.807) is 0 Å². The van der Waals surface area contributed by atoms with Crippen LogP contribution in [0.15, 0.2) is 72.8 Å². The molecule has 0 aliphatic carbocycles. The van der Waals surface area contributed by atoms with Gasteiger partial charge in [-0.3, -0.25) is 0 Å². The fraction of sp³-hybridized carbons (Fsp3) is 0.333. The Morgan fingerprint density at radius 3 is 1.43 bits per heavy atom. The lowest BCUT2D eigenvalue weighted by molar-refractivity contribution is 0.592. The van der Waals surface area contributed by atoms with Gasteiger partial charge in [0.1, 0.15) is 0 Å². The van der Waals surface area contributed by atoms with Crippen molar-refractivity contribution in [2.24, 2.45) is 0 Å². The molecule has 0 fully saturated rings. The first kappa shape index (κ1) is 36.5. The summed E-state index contributed by atoms with van der Waals surface area (Å²) in [6, 6.07) is 29.1. The SMILES string of the molecule is CNc1ccc(-c2c(-c3ccc(C(C)(C)C)s3)c3cc(C(C)C)cc4c(-c5ccc(C(C)C)s5)c(-c5ccc(C)s5)c5cc(C(C)(C)C)cc2c5c43)s1. The predicted octanol–water partition coefficient (Wildman–Crippen LogP) is 16.7. The number of hydrogen-bond donors (Lipinski definition) is 1. The van der Waals surface area contributed by atoms with Crippen molar-refractivity contribution in [1.82, 2.24) is 0 Å². The first-order valence-electron chi connectivity index (χ1n) is 19.0. The quantitative estimate of drug-likeness (QED) is 0.159. The largest absolute Gasteiger partial charge is 0.380 e. The molecule has 53 heavy (non-hydrogen) atoms. The summed E-state index contributed by atoms with van der Waals surface area (Å²) in [6.45, 7) is 25.7. The van der Waals surface area contributed by atoms with E-state index in [1.165, 1.54) is 105 Å². The van der Waals surface area contributed by atoms with Crippen molar-refractivity contribution < 1.29 is 0 Å². The number of rotatable bonds is 7. The van der Waals surface area contributed by atoms with Crippen molar-refractivity contribution >= 4 is 82.7 Å². The lowest BCUT2D eigenvalue weighted by Gasteiger charge is -2.27. The maximum atomic E-state index is 3.46. The molecule has 1 N–H and O–H groups in total. The summed E-state index contributed by atoms with van der Waals surface area (Å²) in [7, 11) is 2.04. The second-order valence-electron chi connectivity index (χ2n) is 17.4. The van der Waals surface area contributed by atoms with Gasteiger partial charge in [-0.1, -0.05) is 81.4 Å². The molecule has 272 valence electrons. The van der Waals surface area contributed by atoms with Crippen LogP contribution in [0.1, 0.15) is 107 Å². The normalized spacial score (nSPS) is 12.9. The molecule has 4 aromatic carbocycles. The number of thiophene rings is 4. The molecule has 0 saturated carbocycles. The molecule has 8 rings (SSSR count). The maximum Gasteiger partial charge on any atom is 0.0886 e. The van der Waals surface area contributed by atoms with Crippen molar-refractivity contribution in [2.75, 3.05) is 12.4 Å². The molecule has 0 spiro atoms. The molecular weight excluding hydrogens is 719 g/mol. The van der Waals surface area contributed by atoms with Crippen molar-refractivity contribution in [2.45, 2.75) is 98.8 Å². The minimum absolute atomic E-state index is 0.0445. The Hall–Kier alpha value is -3.48. The summed E-state index contributed by atoms with van der Waals surface area (Å²) in [5, 5.41) is 12.9. The Labute approximate surface area is 332 Å². The van der Waals surface area contributed by atoms with E-state index < -0.39 is 0 Å². The lowest BCUT2D eigenvalue weighted by Crippen LogP contribution is -2.11. The van der Waals surface area contributed by atoms with Gasteiger partial charge in [0.05, 0.1) is 5.00 Å². The summed E-state index contributed by atoms with van der Waals surface area (Å²) in [4.78, 5) is 9.58. The van der Waals surface area contributed by atoms with Crippen LogP contribution >= 0.6 is 45.3 Å². The standard InChI is InChI=1S/C48H51NS4/c1-25(2)28-21-30-41-31(22-28)44(37-17-19-39(52-37)48(9,10)11)46(38-18-20-40(49-12)53-38)33-24-29(47(6,7)8)23-32(42(33)41)45(35-14-13-27(5)50-35)43(30)36-16-15-34(51-36)26(3)4/h13-26,49H,1-12H3. The third-order valence-corrected chi connectivity index (χ3v) is 15.8. The molecular formula is C48H51NS4. The minimum Gasteiger partial charge on any atom is -0.380 e. The molecule has 0 radical (unpaired) electrons. The molecule has 0 aliphatic rings. The Morgan fingerprint density at radius 1 is 0.509 bits per heavy atom. The highest BCUT2D eigenvalue weighted by Gasteiger charge is 2.30. The Bertz CT molecular complexity index is 2640. The fourth-order valence-corrected chi connectivity index (χ4v) is 11.9. The van der Waals surface area contributed by atoms with Gasteiger partial charge >= 0.3 is 0 Å². The lowest BCUT2D eigenvalue weighted by atomic mass is 9.77. The van der Waals surface area contributed by atoms with Crippen molar-refractivity contribution in [3.8, 4) is 41.8 Å². The van der Waals surface area contributed by atoms with Crippen LogP contribution in [0.3, 0.4) is 0 Å². The van der Waals surface area contributed by atoms with Gasteiger partial charge in [0.25, 0.3) is 0 Å². The predicted molar refractivity (Wildman–Crippen MR) is 243 cm³/mol. The van der Waals surface area contributed by atoms with E-state index in [0.717, 1.165) is 0 Å². The Balaban J connectivity index is 1.70. The van der Waals surface area contributed by atoms with E-state index in [4.69, 9.17) is 0 Å². The fourth-order valence-electron chi connectivity index (χ4n) is 7.81. The highest BCUT2D eigenvalue weighted by Crippen LogP contribution is 2.57. The number of aryl methyl sites for hydroxylation is 1. The van der Waals surface area contributed by atoms with Gasteiger partial charge in [-0.05, 0) is 134 Å². The van der Waals surface area contributed by atoms with E-state index in [2.05, 4.69) is 154 Å². The molecule has 0 bridgehead atoms. The van der Waals surface area contributed by atoms with Crippen LogP contribution in [0.4, 0.5) is 5.00 Å². The van der Waals surface area contributed by atoms with Crippen molar-refractivity contribution in [3.63, 3.8) is 0 Å². The van der Waals surface area contributed by atoms with Gasteiger partial charge in [-0.25, -0.2) is 0 Å². The molecule has 0 aliphatic heterocycles. The average Bonchev–Trinajstić information content (AvgIpc) is 3.92. The molecule has 0 unspecified atom stereocenters. The second-order valence-corrected chi connectivity index (χ2v) is 22.0. The molecule has 4 aromatic heterocycles. The minimum atomic E-state index is -0.0445. The van der Waals surface area contributed by atoms with E-state index in [9.17, 15) is 0 Å². The number of hydrogen-bond acceptors (Lipinski definition) is 5. The smallest absolute Gasteiger partial charge is 0.0886 e. The van der Waals surface area contributed by atoms with E-state index in [0.29, 0.717) is 11.8 Å². The summed E-state index contributed by atoms with van der Waals surface area (Å²) >= 11 is 7.76. The van der Waals surface area contributed by atoms with Gasteiger partial charge in [0, 0.05) is 63.4 Å². The zero-order valence-corrected chi connectivity index (χ0v) is 36.5. The zero-order valence-electron chi connectivity index (χ0n) is 33.2. The average molecular weight is 770 g/mol. The topological polar surface area (TPSA) is 12.0 Å². The van der Waals surface area contributed by atoms with Crippen LogP contribution in [0.5, 0.6) is 0 Å². The van der Waals surface area contributed by atoms with Crippen LogP contribution in [-0.4, -0.2) is 7.05 Å². The zero-order chi connectivity index (χ0) is 37.7. The molecule has 0 atom stereocenters. The highest BCUT2D eigenvalue weighted by molar-refractivity contribution is 7.20. The van der Waals surface area contributed by atoms with Crippen LogP contribution < -0.4 is 5.32 Å². The van der Waals surface area contributed by atoms with Gasteiger partial charge in [-0.15, -0.1) is 45.3 Å². The summed E-state index contributed by atoms with van der Waals surface area (Å²) < 4.78 is 0. The summed E-state index contributed by atoms with van der Waals surface area (Å²) in [5.41, 5.74) is 8.32. The molecule has 4 heterocycles. The molecule has 8 aromatic rings. The summed E-state index contributed by atoms with van der Waals surface area (Å²) in [6.07, 6.45) is 0. The third-order valence-electron chi connectivity index (χ3n) is 10.8. The van der Waals surface area contributed by atoms with Gasteiger partial charge in [0.15, 0.2) is 0 Å². The maximum absolute atomic E-state index is 3.46. The first-order valence-corrected chi connectivity index (χ1v) is 22.2. The molecule has 0 amide bonds. The third kappa shape index (κ3) is 6.16. The van der Waals surface area contributed by atoms with Gasteiger partial charge in [0.2, 0.25) is 0 Å². The monoisotopic (exact) mass is 769 g/mol. The Kier molecular flexibility index (Phi) is 9.01. The van der Waals surface area contributed by atoms with Crippen LogP contribution in [-0.2, 0) is 10.8 Å². The number of anilines is 1. The number of nitrogens with one attached hydrogen (secondary N) is 1. The van der Waals surface area contributed by atoms with Crippen LogP contribution in [0.25, 0.3) is 74.1 Å².